The fourth-order valence-electron chi connectivity index (χ4n) is 0.952. The average Bonchev–Trinajstić information content (AvgIpc) is 2.71. The summed E-state index contributed by atoms with van der Waals surface area (Å²) in [6.07, 6.45) is 4.54. The fourth-order valence-corrected chi connectivity index (χ4v) is 1.76. The van der Waals surface area contributed by atoms with Crippen molar-refractivity contribution in [2.45, 2.75) is 24.5 Å². The lowest BCUT2D eigenvalue weighted by Gasteiger charge is -2.08. The first kappa shape index (κ1) is 11.1. The Labute approximate surface area is 88.1 Å². The molecule has 2 N–H and O–H groups in total. The SMILES string of the molecule is CCCNC(C#N)CSc1ncc[nH]1. The number of hydrogen-bond acceptors (Lipinski definition) is 4. The minimum atomic E-state index is -0.0925. The highest BCUT2D eigenvalue weighted by molar-refractivity contribution is 7.99. The van der Waals surface area contributed by atoms with Crippen molar-refractivity contribution in [3.8, 4) is 6.07 Å². The summed E-state index contributed by atoms with van der Waals surface area (Å²) >= 11 is 1.56. The molecule has 1 rings (SSSR count). The van der Waals surface area contributed by atoms with Gasteiger partial charge in [0.15, 0.2) is 5.16 Å². The van der Waals surface area contributed by atoms with Gasteiger partial charge in [-0.05, 0) is 13.0 Å². The summed E-state index contributed by atoms with van der Waals surface area (Å²) in [7, 11) is 0. The van der Waals surface area contributed by atoms with Gasteiger partial charge in [-0.3, -0.25) is 0 Å². The molecular weight excluding hydrogens is 196 g/mol. The van der Waals surface area contributed by atoms with E-state index in [1.807, 2.05) is 0 Å². The second-order valence-electron chi connectivity index (χ2n) is 2.84. The van der Waals surface area contributed by atoms with Gasteiger partial charge in [-0.15, -0.1) is 0 Å². The molecule has 0 aliphatic carbocycles. The summed E-state index contributed by atoms with van der Waals surface area (Å²) in [4.78, 5) is 7.06. The number of nitriles is 1. The first-order chi connectivity index (χ1) is 6.86. The molecule has 4 nitrogen and oxygen atoms in total. The fraction of sp³-hybridized carbons (Fsp3) is 0.556. The van der Waals surface area contributed by atoms with Crippen LogP contribution in [0.4, 0.5) is 0 Å². The minimum absolute atomic E-state index is 0.0925. The van der Waals surface area contributed by atoms with Crippen LogP contribution in [-0.4, -0.2) is 28.3 Å². The van der Waals surface area contributed by atoms with Gasteiger partial charge in [0.1, 0.15) is 6.04 Å². The van der Waals surface area contributed by atoms with Gasteiger partial charge in [-0.1, -0.05) is 18.7 Å². The highest BCUT2D eigenvalue weighted by atomic mass is 32.2. The van der Waals surface area contributed by atoms with Crippen LogP contribution in [0.2, 0.25) is 0 Å². The lowest BCUT2D eigenvalue weighted by atomic mass is 10.3. The van der Waals surface area contributed by atoms with Crippen LogP contribution in [-0.2, 0) is 0 Å². The largest absolute Gasteiger partial charge is 0.340 e. The van der Waals surface area contributed by atoms with Crippen LogP contribution in [0.1, 0.15) is 13.3 Å². The van der Waals surface area contributed by atoms with Crippen molar-refractivity contribution in [1.82, 2.24) is 15.3 Å². The molecule has 0 aliphatic rings. The number of H-pyrrole nitrogens is 1. The van der Waals surface area contributed by atoms with E-state index in [1.54, 1.807) is 24.2 Å². The Bertz CT molecular complexity index is 278. The Hall–Kier alpha value is -0.990. The van der Waals surface area contributed by atoms with Crippen LogP contribution in [0.3, 0.4) is 0 Å². The molecule has 0 saturated heterocycles. The molecule has 1 aromatic heterocycles. The van der Waals surface area contributed by atoms with Gasteiger partial charge in [0.25, 0.3) is 0 Å². The summed E-state index contributed by atoms with van der Waals surface area (Å²) in [5.74, 6) is 0.726. The van der Waals surface area contributed by atoms with Gasteiger partial charge in [-0.2, -0.15) is 5.26 Å². The van der Waals surface area contributed by atoms with Crippen LogP contribution < -0.4 is 5.32 Å². The van der Waals surface area contributed by atoms with E-state index in [9.17, 15) is 0 Å². The van der Waals surface area contributed by atoms with Crippen molar-refractivity contribution in [3.63, 3.8) is 0 Å². The van der Waals surface area contributed by atoms with Gasteiger partial charge in [0.05, 0.1) is 6.07 Å². The van der Waals surface area contributed by atoms with Crippen LogP contribution in [0.25, 0.3) is 0 Å². The number of imidazole rings is 1. The van der Waals surface area contributed by atoms with Crippen LogP contribution in [0.15, 0.2) is 17.6 Å². The van der Waals surface area contributed by atoms with Gasteiger partial charge in [-0.25, -0.2) is 4.98 Å². The van der Waals surface area contributed by atoms with Crippen LogP contribution in [0.5, 0.6) is 0 Å². The molecule has 0 fully saturated rings. The highest BCUT2D eigenvalue weighted by Gasteiger charge is 2.06. The Morgan fingerprint density at radius 2 is 2.64 bits per heavy atom. The zero-order chi connectivity index (χ0) is 10.2. The Kier molecular flexibility index (Phi) is 5.12. The summed E-state index contributed by atoms with van der Waals surface area (Å²) in [5.41, 5.74) is 0. The van der Waals surface area contributed by atoms with Crippen molar-refractivity contribution in [3.05, 3.63) is 12.4 Å². The molecule has 1 atom stereocenters. The molecule has 5 heteroatoms. The third-order valence-electron chi connectivity index (χ3n) is 1.66. The van der Waals surface area contributed by atoms with Crippen molar-refractivity contribution in [2.24, 2.45) is 0 Å². The molecule has 0 amide bonds. The standard InChI is InChI=1S/C9H14N4S/c1-2-3-11-8(6-10)7-14-9-12-4-5-13-9/h4-5,8,11H,2-3,7H2,1H3,(H,12,13). The number of nitrogens with zero attached hydrogens (tertiary/aromatic N) is 2. The second-order valence-corrected chi connectivity index (χ2v) is 3.85. The lowest BCUT2D eigenvalue weighted by molar-refractivity contribution is 0.637. The molecule has 1 unspecified atom stereocenters. The molecular formula is C9H14N4S. The van der Waals surface area contributed by atoms with Crippen LogP contribution >= 0.6 is 11.8 Å². The summed E-state index contributed by atoms with van der Waals surface area (Å²) in [6, 6.07) is 2.13. The topological polar surface area (TPSA) is 64.5 Å². The summed E-state index contributed by atoms with van der Waals surface area (Å²) in [5, 5.41) is 12.8. The second kappa shape index (κ2) is 6.46. The third-order valence-corrected chi connectivity index (χ3v) is 2.65. The normalized spacial score (nSPS) is 12.3. The van der Waals surface area contributed by atoms with E-state index >= 15 is 0 Å². The summed E-state index contributed by atoms with van der Waals surface area (Å²) < 4.78 is 0. The zero-order valence-corrected chi connectivity index (χ0v) is 8.97. The van der Waals surface area contributed by atoms with Crippen LogP contribution in [0, 0.1) is 11.3 Å². The van der Waals surface area contributed by atoms with Gasteiger partial charge < -0.3 is 10.3 Å². The molecule has 0 spiro atoms. The van der Waals surface area contributed by atoms with E-state index in [0.29, 0.717) is 0 Å². The molecule has 0 aliphatic heterocycles. The molecule has 14 heavy (non-hydrogen) atoms. The monoisotopic (exact) mass is 210 g/mol. The number of aromatic nitrogens is 2. The molecule has 1 aromatic rings. The van der Waals surface area contributed by atoms with E-state index < -0.39 is 0 Å². The molecule has 76 valence electrons. The van der Waals surface area contributed by atoms with Crippen molar-refractivity contribution >= 4 is 11.8 Å². The Balaban J connectivity index is 2.25. The van der Waals surface area contributed by atoms with Crippen molar-refractivity contribution in [1.29, 1.82) is 5.26 Å². The van der Waals surface area contributed by atoms with Gasteiger partial charge >= 0.3 is 0 Å². The number of rotatable bonds is 6. The number of hydrogen-bond donors (Lipinski definition) is 2. The van der Waals surface area contributed by atoms with Crippen molar-refractivity contribution < 1.29 is 0 Å². The van der Waals surface area contributed by atoms with Gasteiger partial charge in [0, 0.05) is 18.1 Å². The first-order valence-electron chi connectivity index (χ1n) is 4.62. The summed E-state index contributed by atoms with van der Waals surface area (Å²) in [6.45, 7) is 2.97. The average molecular weight is 210 g/mol. The Morgan fingerprint density at radius 1 is 1.79 bits per heavy atom. The molecule has 0 bridgehead atoms. The quantitative estimate of drug-likeness (QED) is 0.696. The van der Waals surface area contributed by atoms with E-state index in [4.69, 9.17) is 5.26 Å². The first-order valence-corrected chi connectivity index (χ1v) is 5.60. The zero-order valence-electron chi connectivity index (χ0n) is 8.16. The van der Waals surface area contributed by atoms with E-state index in [2.05, 4.69) is 28.3 Å². The smallest absolute Gasteiger partial charge is 0.165 e. The molecule has 0 saturated carbocycles. The lowest BCUT2D eigenvalue weighted by Crippen LogP contribution is -2.30. The highest BCUT2D eigenvalue weighted by Crippen LogP contribution is 2.12. The number of thioether (sulfide) groups is 1. The van der Waals surface area contributed by atoms with E-state index in [1.165, 1.54) is 0 Å². The third kappa shape index (κ3) is 3.81. The number of nitrogens with one attached hydrogen (secondary N) is 2. The minimum Gasteiger partial charge on any atom is -0.340 e. The molecule has 0 aromatic carbocycles. The Morgan fingerprint density at radius 3 is 3.21 bits per heavy atom. The number of aromatic amines is 1. The van der Waals surface area contributed by atoms with Gasteiger partial charge in [0.2, 0.25) is 0 Å². The molecule has 1 heterocycles. The maximum atomic E-state index is 8.82. The maximum Gasteiger partial charge on any atom is 0.165 e. The van der Waals surface area contributed by atoms with E-state index in [0.717, 1.165) is 23.9 Å². The van der Waals surface area contributed by atoms with E-state index in [-0.39, 0.29) is 6.04 Å². The predicted octanol–water partition coefficient (Wildman–Crippen LogP) is 1.39. The molecule has 0 radical (unpaired) electrons. The van der Waals surface area contributed by atoms with Crippen molar-refractivity contribution in [2.75, 3.05) is 12.3 Å². The predicted molar refractivity (Wildman–Crippen MR) is 57.0 cm³/mol. The maximum absolute atomic E-state index is 8.82.